The first-order chi connectivity index (χ1) is 23.6. The van der Waals surface area contributed by atoms with Crippen molar-refractivity contribution in [1.29, 1.82) is 0 Å². The first-order valence-corrected chi connectivity index (χ1v) is 16.0. The summed E-state index contributed by atoms with van der Waals surface area (Å²) in [5.74, 6) is -4.82. The predicted molar refractivity (Wildman–Crippen MR) is 173 cm³/mol. The molecule has 0 radical (unpaired) electrons. The minimum atomic E-state index is -2.66. The van der Waals surface area contributed by atoms with Crippen molar-refractivity contribution in [2.24, 2.45) is 16.8 Å². The van der Waals surface area contributed by atoms with Gasteiger partial charge in [-0.2, -0.15) is 0 Å². The average molecular weight is 671 g/mol. The summed E-state index contributed by atoms with van der Waals surface area (Å²) in [4.78, 5) is 61.1. The van der Waals surface area contributed by atoms with Crippen LogP contribution in [0.1, 0.15) is 69.0 Å². The number of benzene rings is 1. The molecule has 0 unspecified atom stereocenters. The van der Waals surface area contributed by atoms with Crippen molar-refractivity contribution in [3.05, 3.63) is 98.5 Å². The fourth-order valence-electron chi connectivity index (χ4n) is 7.54. The molecule has 0 fully saturated rings. The predicted octanol–water partition coefficient (Wildman–Crippen LogP) is 2.80. The number of aliphatic hydroxyl groups is 2. The van der Waals surface area contributed by atoms with Gasteiger partial charge in [0, 0.05) is 34.4 Å². The lowest BCUT2D eigenvalue weighted by molar-refractivity contribution is -0.146. The van der Waals surface area contributed by atoms with Crippen molar-refractivity contribution >= 4 is 23.2 Å². The monoisotopic (exact) mass is 670 g/mol. The summed E-state index contributed by atoms with van der Waals surface area (Å²) in [7, 11) is 0. The first-order valence-electron chi connectivity index (χ1n) is 16.0. The molecular weight excluding hydrogens is 636 g/mol. The van der Waals surface area contributed by atoms with E-state index in [-0.39, 0.29) is 65.8 Å². The summed E-state index contributed by atoms with van der Waals surface area (Å²) in [5, 5.41) is 34.4. The van der Waals surface area contributed by atoms with Gasteiger partial charge in [0.25, 0.3) is 5.56 Å². The molecule has 2 aliphatic heterocycles. The fraction of sp³-hybridized carbons (Fsp3) is 0.361. The SMILES string of the molecule is C/C=C/C=C/C=C/C(=O)O[C@@H]1C=CC[C@H]2C(=NCCO)c3c(O)c4c5c(c3O[C@H]12)OCO[C@@H]5C[C@@H]1C(=O)c2cc(C)[nH]c(=O)c2C(=O)[C@]41O. The third kappa shape index (κ3) is 4.99. The Balaban J connectivity index is 1.38. The number of hydrogen-bond donors (Lipinski definition) is 4. The van der Waals surface area contributed by atoms with Gasteiger partial charge in [0.1, 0.15) is 11.9 Å². The minimum Gasteiger partial charge on any atom is -0.507 e. The van der Waals surface area contributed by atoms with E-state index in [0.717, 1.165) is 0 Å². The summed E-state index contributed by atoms with van der Waals surface area (Å²) in [6, 6.07) is 1.40. The number of phenols is 1. The van der Waals surface area contributed by atoms with Crippen LogP contribution in [-0.2, 0) is 19.9 Å². The molecule has 3 aliphatic carbocycles. The van der Waals surface area contributed by atoms with Crippen molar-refractivity contribution < 1.29 is 48.7 Å². The number of aromatic amines is 1. The van der Waals surface area contributed by atoms with Crippen LogP contribution in [0.25, 0.3) is 0 Å². The Morgan fingerprint density at radius 3 is 2.73 bits per heavy atom. The standard InChI is InChI=1S/C36H34N2O11/c1-3-4-5-6-7-11-23(40)48-21-10-8-9-18-28(37-12-13-39)26-30(42)27-25-22(46-16-47-32(25)33(26)49-31(18)21)15-20-29(41)19-14-17(2)38-35(44)24(19)34(43)36(20,27)45/h3-8,10-11,14,18,20-22,31,39,42,45H,9,12-13,15-16H2,1-2H3,(H,38,44)/b4-3+,6-5+,11-7+,37-28?/t18-,20+,21+,22+,31-,36+/m0/s1. The van der Waals surface area contributed by atoms with Gasteiger partial charge in [-0.3, -0.25) is 19.4 Å². The van der Waals surface area contributed by atoms with Crippen LogP contribution in [-0.4, -0.2) is 75.7 Å². The van der Waals surface area contributed by atoms with E-state index in [1.165, 1.54) is 12.1 Å². The third-order valence-electron chi connectivity index (χ3n) is 9.56. The van der Waals surface area contributed by atoms with Gasteiger partial charge >= 0.3 is 5.97 Å². The van der Waals surface area contributed by atoms with E-state index in [0.29, 0.717) is 12.1 Å². The Morgan fingerprint density at radius 1 is 1.16 bits per heavy atom. The number of rotatable bonds is 6. The molecule has 254 valence electrons. The number of aromatic hydroxyl groups is 1. The molecule has 0 saturated heterocycles. The van der Waals surface area contributed by atoms with Crippen LogP contribution in [0.5, 0.6) is 17.2 Å². The summed E-state index contributed by atoms with van der Waals surface area (Å²) >= 11 is 0. The van der Waals surface area contributed by atoms with Crippen LogP contribution in [0.2, 0.25) is 0 Å². The molecule has 0 bridgehead atoms. The zero-order valence-electron chi connectivity index (χ0n) is 26.7. The number of fused-ring (bicyclic) bond motifs is 6. The Hall–Kier alpha value is -5.11. The Labute approximate surface area is 279 Å². The highest BCUT2D eigenvalue weighted by Gasteiger charge is 2.63. The number of carbonyl (C=O) groups is 3. The van der Waals surface area contributed by atoms with E-state index in [2.05, 4.69) is 9.98 Å². The number of Topliss-reactive ketones (excluding diaryl/α,β-unsaturated/α-hetero) is 2. The number of nitrogens with zero attached hydrogens (tertiary/aromatic N) is 1. The highest BCUT2D eigenvalue weighted by atomic mass is 16.7. The van der Waals surface area contributed by atoms with E-state index in [9.17, 15) is 34.5 Å². The lowest BCUT2D eigenvalue weighted by atomic mass is 9.60. The smallest absolute Gasteiger partial charge is 0.331 e. The van der Waals surface area contributed by atoms with Gasteiger partial charge in [0.15, 0.2) is 35.8 Å². The molecule has 13 nitrogen and oxygen atoms in total. The number of ketones is 2. The fourth-order valence-corrected chi connectivity index (χ4v) is 7.54. The van der Waals surface area contributed by atoms with E-state index in [1.807, 2.05) is 19.1 Å². The van der Waals surface area contributed by atoms with E-state index in [4.69, 9.17) is 18.9 Å². The molecule has 0 spiro atoms. The molecular formula is C36H34N2O11. The molecule has 5 aliphatic rings. The largest absolute Gasteiger partial charge is 0.507 e. The number of nitrogens with one attached hydrogen (secondary N) is 1. The zero-order valence-corrected chi connectivity index (χ0v) is 26.7. The number of carbonyl (C=O) groups excluding carboxylic acids is 3. The molecule has 1 aromatic heterocycles. The van der Waals surface area contributed by atoms with Gasteiger partial charge in [0.2, 0.25) is 5.78 Å². The quantitative estimate of drug-likeness (QED) is 0.153. The molecule has 0 amide bonds. The normalized spacial score (nSPS) is 28.9. The number of aromatic nitrogens is 1. The van der Waals surface area contributed by atoms with Crippen molar-refractivity contribution in [2.75, 3.05) is 19.9 Å². The van der Waals surface area contributed by atoms with Crippen LogP contribution in [0.15, 0.2) is 64.5 Å². The Kier molecular flexibility index (Phi) is 8.21. The van der Waals surface area contributed by atoms with Crippen molar-refractivity contribution in [3.63, 3.8) is 0 Å². The average Bonchev–Trinajstić information content (AvgIpc) is 3.08. The maximum absolute atomic E-state index is 14.2. The zero-order chi connectivity index (χ0) is 34.6. The number of phenolic OH excluding ortho intramolecular Hbond substituents is 1. The van der Waals surface area contributed by atoms with Crippen LogP contribution in [0.3, 0.4) is 0 Å². The molecule has 0 saturated carbocycles. The second-order valence-corrected chi connectivity index (χ2v) is 12.4. The van der Waals surface area contributed by atoms with E-state index < -0.39 is 70.2 Å². The van der Waals surface area contributed by atoms with E-state index in [1.54, 1.807) is 37.3 Å². The van der Waals surface area contributed by atoms with E-state index >= 15 is 0 Å². The summed E-state index contributed by atoms with van der Waals surface area (Å²) < 4.78 is 24.2. The number of pyridine rings is 1. The van der Waals surface area contributed by atoms with Crippen molar-refractivity contribution in [1.82, 2.24) is 4.98 Å². The molecule has 3 heterocycles. The summed E-state index contributed by atoms with van der Waals surface area (Å²) in [6.07, 6.45) is 11.0. The molecule has 1 aromatic carbocycles. The number of aliphatic imine (C=N–C) groups is 1. The van der Waals surface area contributed by atoms with Gasteiger partial charge in [-0.05, 0) is 38.8 Å². The molecule has 13 heteroatoms. The highest BCUT2D eigenvalue weighted by molar-refractivity contribution is 6.20. The summed E-state index contributed by atoms with van der Waals surface area (Å²) in [6.45, 7) is 2.77. The second kappa shape index (κ2) is 12.4. The van der Waals surface area contributed by atoms with Gasteiger partial charge in [-0.15, -0.1) is 0 Å². The lowest BCUT2D eigenvalue weighted by Crippen LogP contribution is -2.56. The van der Waals surface area contributed by atoms with Gasteiger partial charge in [-0.25, -0.2) is 4.79 Å². The van der Waals surface area contributed by atoms with Gasteiger partial charge < -0.3 is 39.3 Å². The number of ether oxygens (including phenoxy) is 4. The first kappa shape index (κ1) is 32.4. The summed E-state index contributed by atoms with van der Waals surface area (Å²) in [5.41, 5.74) is -3.71. The number of hydrogen-bond acceptors (Lipinski definition) is 12. The topological polar surface area (TPSA) is 194 Å². The van der Waals surface area contributed by atoms with Crippen LogP contribution in [0.4, 0.5) is 0 Å². The van der Waals surface area contributed by atoms with Gasteiger partial charge in [0.05, 0.1) is 42.0 Å². The highest BCUT2D eigenvalue weighted by Crippen LogP contribution is 2.62. The number of aryl methyl sites for hydroxylation is 1. The van der Waals surface area contributed by atoms with Gasteiger partial charge in [-0.1, -0.05) is 36.5 Å². The number of allylic oxidation sites excluding steroid dienone is 6. The third-order valence-corrected chi connectivity index (χ3v) is 9.56. The molecule has 4 N–H and O–H groups in total. The minimum absolute atomic E-state index is 0.00331. The van der Waals surface area contributed by atoms with Crippen LogP contribution in [0, 0.1) is 18.8 Å². The maximum Gasteiger partial charge on any atom is 0.331 e. The number of esters is 1. The number of H-pyrrole nitrogens is 1. The molecule has 6 atom stereocenters. The molecule has 49 heavy (non-hydrogen) atoms. The Bertz CT molecular complexity index is 1990. The van der Waals surface area contributed by atoms with Crippen LogP contribution < -0.4 is 15.0 Å². The molecule has 7 rings (SSSR count). The lowest BCUT2D eigenvalue weighted by Gasteiger charge is -2.48. The maximum atomic E-state index is 14.2. The van der Waals surface area contributed by atoms with Crippen molar-refractivity contribution in [3.8, 4) is 17.2 Å². The second-order valence-electron chi connectivity index (χ2n) is 12.4. The Morgan fingerprint density at radius 2 is 1.96 bits per heavy atom. The van der Waals surface area contributed by atoms with Crippen LogP contribution >= 0.6 is 0 Å². The van der Waals surface area contributed by atoms with Crippen molar-refractivity contribution in [2.45, 2.75) is 50.6 Å². The molecule has 2 aromatic rings. The number of aliphatic hydroxyl groups excluding tert-OH is 1.